The van der Waals surface area contributed by atoms with Gasteiger partial charge in [-0.15, -0.1) is 0 Å². The van der Waals surface area contributed by atoms with Crippen molar-refractivity contribution >= 4 is 5.91 Å². The number of aromatic nitrogens is 2. The van der Waals surface area contributed by atoms with Crippen LogP contribution in [-0.2, 0) is 24.2 Å². The van der Waals surface area contributed by atoms with Gasteiger partial charge in [-0.1, -0.05) is 32.0 Å². The molecule has 0 saturated carbocycles. The summed E-state index contributed by atoms with van der Waals surface area (Å²) in [5.74, 6) is 0.366. The highest BCUT2D eigenvalue weighted by Gasteiger charge is 2.27. The van der Waals surface area contributed by atoms with Crippen molar-refractivity contribution in [1.29, 1.82) is 0 Å². The molecule has 0 spiro atoms. The fourth-order valence-electron chi connectivity index (χ4n) is 4.13. The first-order valence-electron chi connectivity index (χ1n) is 9.79. The van der Waals surface area contributed by atoms with Crippen molar-refractivity contribution in [3.63, 3.8) is 0 Å². The van der Waals surface area contributed by atoms with Crippen LogP contribution in [0.4, 0.5) is 0 Å². The van der Waals surface area contributed by atoms with Crippen LogP contribution < -0.4 is 0 Å². The van der Waals surface area contributed by atoms with Crippen LogP contribution in [0.5, 0.6) is 0 Å². The molecule has 2 aliphatic rings. The molecule has 5 heteroatoms. The molecule has 1 aliphatic heterocycles. The monoisotopic (exact) mass is 352 g/mol. The van der Waals surface area contributed by atoms with E-state index in [4.69, 9.17) is 5.10 Å². The van der Waals surface area contributed by atoms with E-state index in [2.05, 4.69) is 33.8 Å². The minimum absolute atomic E-state index is 0.0893. The highest BCUT2D eigenvalue weighted by molar-refractivity contribution is 5.78. The molecular formula is C21H28N4O. The Kier molecular flexibility index (Phi) is 4.81. The number of piperazine rings is 1. The third kappa shape index (κ3) is 3.28. The number of carbonyl (C=O) groups excluding carboxylic acids is 1. The van der Waals surface area contributed by atoms with Crippen molar-refractivity contribution in [3.05, 3.63) is 47.3 Å². The van der Waals surface area contributed by atoms with Crippen molar-refractivity contribution in [1.82, 2.24) is 19.6 Å². The Morgan fingerprint density at radius 1 is 1.08 bits per heavy atom. The first-order valence-corrected chi connectivity index (χ1v) is 9.79. The van der Waals surface area contributed by atoms with Crippen LogP contribution in [0.3, 0.4) is 0 Å². The number of nitrogens with zero attached hydrogens (tertiary/aromatic N) is 4. The van der Waals surface area contributed by atoms with E-state index in [0.717, 1.165) is 51.3 Å². The van der Waals surface area contributed by atoms with Crippen LogP contribution in [0.2, 0.25) is 0 Å². The Hall–Kier alpha value is -2.14. The average Bonchev–Trinajstić information content (AvgIpc) is 3.26. The molecule has 1 aromatic heterocycles. The lowest BCUT2D eigenvalue weighted by Crippen LogP contribution is -2.49. The lowest BCUT2D eigenvalue weighted by atomic mass is 10.1. The normalized spacial score (nSPS) is 17.7. The molecule has 4 rings (SSSR count). The zero-order valence-electron chi connectivity index (χ0n) is 15.8. The standard InChI is InChI=1S/C21H28N4O/c1-16(2)21(26)24-13-11-23(12-14-24)15-19-18-9-6-10-20(18)25(22-19)17-7-4-3-5-8-17/h3-5,7-8,16H,6,9-15H2,1-2H3. The van der Waals surface area contributed by atoms with E-state index in [0.29, 0.717) is 0 Å². The molecule has 0 radical (unpaired) electrons. The second kappa shape index (κ2) is 7.23. The van der Waals surface area contributed by atoms with Crippen molar-refractivity contribution < 1.29 is 4.79 Å². The summed E-state index contributed by atoms with van der Waals surface area (Å²) < 4.78 is 2.15. The van der Waals surface area contributed by atoms with Gasteiger partial charge in [0.25, 0.3) is 0 Å². The molecule has 26 heavy (non-hydrogen) atoms. The first kappa shape index (κ1) is 17.3. The van der Waals surface area contributed by atoms with Crippen LogP contribution in [-0.4, -0.2) is 51.7 Å². The van der Waals surface area contributed by atoms with Crippen molar-refractivity contribution in [2.75, 3.05) is 26.2 Å². The van der Waals surface area contributed by atoms with Crippen LogP contribution >= 0.6 is 0 Å². The Morgan fingerprint density at radius 3 is 2.50 bits per heavy atom. The van der Waals surface area contributed by atoms with Crippen LogP contribution in [0.25, 0.3) is 5.69 Å². The molecule has 1 amide bonds. The fourth-order valence-corrected chi connectivity index (χ4v) is 4.13. The number of carbonyl (C=O) groups is 1. The summed E-state index contributed by atoms with van der Waals surface area (Å²) in [6, 6.07) is 10.5. The maximum Gasteiger partial charge on any atom is 0.225 e. The molecule has 0 unspecified atom stereocenters. The number of para-hydroxylation sites is 1. The zero-order valence-corrected chi connectivity index (χ0v) is 15.8. The molecule has 1 fully saturated rings. The zero-order chi connectivity index (χ0) is 18.1. The SMILES string of the molecule is CC(C)C(=O)N1CCN(Cc2nn(-c3ccccc3)c3c2CCC3)CC1. The molecule has 0 atom stereocenters. The highest BCUT2D eigenvalue weighted by atomic mass is 16.2. The Morgan fingerprint density at radius 2 is 1.81 bits per heavy atom. The van der Waals surface area contributed by atoms with Gasteiger partial charge in [-0.2, -0.15) is 5.10 Å². The minimum Gasteiger partial charge on any atom is -0.340 e. The summed E-state index contributed by atoms with van der Waals surface area (Å²) >= 11 is 0. The lowest BCUT2D eigenvalue weighted by Gasteiger charge is -2.35. The van der Waals surface area contributed by atoms with Crippen molar-refractivity contribution in [3.8, 4) is 5.69 Å². The molecule has 1 aliphatic carbocycles. The predicted molar refractivity (Wildman–Crippen MR) is 102 cm³/mol. The fraction of sp³-hybridized carbons (Fsp3) is 0.524. The molecule has 1 saturated heterocycles. The van der Waals surface area contributed by atoms with Crippen LogP contribution in [0.15, 0.2) is 30.3 Å². The first-order chi connectivity index (χ1) is 12.6. The van der Waals surface area contributed by atoms with Gasteiger partial charge in [-0.25, -0.2) is 4.68 Å². The highest BCUT2D eigenvalue weighted by Crippen LogP contribution is 2.28. The van der Waals surface area contributed by atoms with Gasteiger partial charge in [0, 0.05) is 44.3 Å². The molecule has 1 aromatic carbocycles. The van der Waals surface area contributed by atoms with Gasteiger partial charge in [0.2, 0.25) is 5.91 Å². The van der Waals surface area contributed by atoms with E-state index < -0.39 is 0 Å². The van der Waals surface area contributed by atoms with Gasteiger partial charge < -0.3 is 4.90 Å². The number of rotatable bonds is 4. The summed E-state index contributed by atoms with van der Waals surface area (Å²) in [7, 11) is 0. The summed E-state index contributed by atoms with van der Waals surface area (Å²) in [5.41, 5.74) is 5.23. The van der Waals surface area contributed by atoms with E-state index in [1.165, 1.54) is 23.4 Å². The van der Waals surface area contributed by atoms with Gasteiger partial charge in [-0.05, 0) is 37.0 Å². The number of amides is 1. The molecule has 0 N–H and O–H groups in total. The Labute approximate surface area is 155 Å². The second-order valence-corrected chi connectivity index (χ2v) is 7.73. The minimum atomic E-state index is 0.0893. The average molecular weight is 352 g/mol. The number of hydrogen-bond donors (Lipinski definition) is 0. The summed E-state index contributed by atoms with van der Waals surface area (Å²) in [6.45, 7) is 8.39. The maximum atomic E-state index is 12.2. The summed E-state index contributed by atoms with van der Waals surface area (Å²) in [5, 5.41) is 4.97. The van der Waals surface area contributed by atoms with Crippen molar-refractivity contribution in [2.45, 2.75) is 39.7 Å². The van der Waals surface area contributed by atoms with Gasteiger partial charge >= 0.3 is 0 Å². The third-order valence-corrected chi connectivity index (χ3v) is 5.57. The van der Waals surface area contributed by atoms with Gasteiger partial charge in [0.15, 0.2) is 0 Å². The van der Waals surface area contributed by atoms with E-state index >= 15 is 0 Å². The molecule has 5 nitrogen and oxygen atoms in total. The quantitative estimate of drug-likeness (QED) is 0.849. The summed E-state index contributed by atoms with van der Waals surface area (Å²) in [4.78, 5) is 16.6. The molecular weight excluding hydrogens is 324 g/mol. The summed E-state index contributed by atoms with van der Waals surface area (Å²) in [6.07, 6.45) is 3.49. The lowest BCUT2D eigenvalue weighted by molar-refractivity contribution is -0.136. The van der Waals surface area contributed by atoms with Crippen molar-refractivity contribution in [2.24, 2.45) is 5.92 Å². The van der Waals surface area contributed by atoms with E-state index in [-0.39, 0.29) is 11.8 Å². The molecule has 2 heterocycles. The predicted octanol–water partition coefficient (Wildman–Crippen LogP) is 2.66. The number of benzene rings is 1. The van der Waals surface area contributed by atoms with Gasteiger partial charge in [0.05, 0.1) is 11.4 Å². The third-order valence-electron chi connectivity index (χ3n) is 5.57. The van der Waals surface area contributed by atoms with Crippen LogP contribution in [0, 0.1) is 5.92 Å². The Balaban J connectivity index is 1.48. The topological polar surface area (TPSA) is 41.4 Å². The van der Waals surface area contributed by atoms with E-state index in [1.807, 2.05) is 24.8 Å². The van der Waals surface area contributed by atoms with E-state index in [1.54, 1.807) is 0 Å². The maximum absolute atomic E-state index is 12.2. The molecule has 2 aromatic rings. The van der Waals surface area contributed by atoms with E-state index in [9.17, 15) is 4.79 Å². The largest absolute Gasteiger partial charge is 0.340 e. The van der Waals surface area contributed by atoms with Crippen LogP contribution in [0.1, 0.15) is 37.2 Å². The number of hydrogen-bond acceptors (Lipinski definition) is 3. The Bertz CT molecular complexity index is 773. The molecule has 0 bridgehead atoms. The number of fused-ring (bicyclic) bond motifs is 1. The van der Waals surface area contributed by atoms with Gasteiger partial charge in [0.1, 0.15) is 0 Å². The van der Waals surface area contributed by atoms with Gasteiger partial charge in [-0.3, -0.25) is 9.69 Å². The molecule has 138 valence electrons. The second-order valence-electron chi connectivity index (χ2n) is 7.73. The smallest absolute Gasteiger partial charge is 0.225 e.